The molecular weight excluding hydrogens is 494 g/mol. The van der Waals surface area contributed by atoms with Gasteiger partial charge in [-0.3, -0.25) is 19.2 Å². The van der Waals surface area contributed by atoms with Gasteiger partial charge in [-0.1, -0.05) is 67.4 Å². The summed E-state index contributed by atoms with van der Waals surface area (Å²) in [5.74, 6) is -1.35. The van der Waals surface area contributed by atoms with Gasteiger partial charge in [0.25, 0.3) is 0 Å². The third kappa shape index (κ3) is 5.54. The van der Waals surface area contributed by atoms with Crippen molar-refractivity contribution >= 4 is 23.6 Å². The predicted octanol–water partition coefficient (Wildman–Crippen LogP) is 1.39. The first-order chi connectivity index (χ1) is 18.8. The zero-order valence-electron chi connectivity index (χ0n) is 22.4. The van der Waals surface area contributed by atoms with E-state index in [0.29, 0.717) is 25.3 Å². The second-order valence-corrected chi connectivity index (χ2v) is 11.1. The Morgan fingerprint density at radius 3 is 2.36 bits per heavy atom. The number of likely N-dealkylation sites (tertiary alicyclic amines) is 1. The minimum absolute atomic E-state index is 0.138. The van der Waals surface area contributed by atoms with E-state index in [0.717, 1.165) is 29.5 Å². The monoisotopic (exact) mass is 531 g/mol. The lowest BCUT2D eigenvalue weighted by atomic mass is 9.80. The van der Waals surface area contributed by atoms with Crippen LogP contribution in [0.1, 0.15) is 54.8 Å². The second kappa shape index (κ2) is 11.2. The molecule has 1 saturated heterocycles. The lowest BCUT2D eigenvalue weighted by Gasteiger charge is -2.48. The predicted molar refractivity (Wildman–Crippen MR) is 146 cm³/mol. The van der Waals surface area contributed by atoms with E-state index in [2.05, 4.69) is 16.0 Å². The van der Waals surface area contributed by atoms with Crippen LogP contribution in [0.15, 0.2) is 54.6 Å². The number of hydrogen-bond acceptors (Lipinski definition) is 5. The molecular formula is C30H37N5O4. The maximum absolute atomic E-state index is 14.0. The number of benzene rings is 2. The van der Waals surface area contributed by atoms with Crippen molar-refractivity contribution < 1.29 is 19.2 Å². The molecule has 3 aliphatic rings. The SMILES string of the molecule is CNC(=O)[C@@H]1Cc2ccccc2[C@@H]1NC(=O)C1C(c2ccccc2)CN1C(=O)C(CC1CC1)NC(=O)C(C)N. The fraction of sp³-hybridized carbons (Fsp3) is 0.467. The minimum atomic E-state index is -0.757. The van der Waals surface area contributed by atoms with Gasteiger partial charge in [-0.2, -0.15) is 0 Å². The lowest BCUT2D eigenvalue weighted by Crippen LogP contribution is -2.67. The first-order valence-corrected chi connectivity index (χ1v) is 13.8. The van der Waals surface area contributed by atoms with Gasteiger partial charge in [-0.25, -0.2) is 0 Å². The Kier molecular flexibility index (Phi) is 7.70. The molecule has 1 saturated carbocycles. The summed E-state index contributed by atoms with van der Waals surface area (Å²) in [5, 5.41) is 8.69. The molecule has 0 bridgehead atoms. The Bertz CT molecular complexity index is 1240. The number of carbonyl (C=O) groups is 4. The number of fused-ring (bicyclic) bond motifs is 1. The summed E-state index contributed by atoms with van der Waals surface area (Å²) in [7, 11) is 1.60. The molecule has 39 heavy (non-hydrogen) atoms. The number of nitrogens with zero attached hydrogens (tertiary/aromatic N) is 1. The van der Waals surface area contributed by atoms with Gasteiger partial charge in [0.05, 0.1) is 18.0 Å². The van der Waals surface area contributed by atoms with E-state index >= 15 is 0 Å². The van der Waals surface area contributed by atoms with Gasteiger partial charge in [0.2, 0.25) is 23.6 Å². The summed E-state index contributed by atoms with van der Waals surface area (Å²) in [4.78, 5) is 54.6. The Morgan fingerprint density at radius 1 is 1.00 bits per heavy atom. The highest BCUT2D eigenvalue weighted by Crippen LogP contribution is 2.40. The smallest absolute Gasteiger partial charge is 0.245 e. The van der Waals surface area contributed by atoms with Crippen LogP contribution in [-0.2, 0) is 25.6 Å². The Morgan fingerprint density at radius 2 is 1.69 bits per heavy atom. The van der Waals surface area contributed by atoms with Gasteiger partial charge in [0, 0.05) is 19.5 Å². The highest BCUT2D eigenvalue weighted by Gasteiger charge is 2.50. The molecule has 4 amide bonds. The molecule has 0 aromatic heterocycles. The summed E-state index contributed by atoms with van der Waals surface area (Å²) >= 11 is 0. The van der Waals surface area contributed by atoms with Gasteiger partial charge < -0.3 is 26.6 Å². The van der Waals surface area contributed by atoms with Crippen molar-refractivity contribution in [1.29, 1.82) is 0 Å². The molecule has 9 nitrogen and oxygen atoms in total. The van der Waals surface area contributed by atoms with Crippen molar-refractivity contribution in [1.82, 2.24) is 20.9 Å². The van der Waals surface area contributed by atoms with Gasteiger partial charge in [0.15, 0.2) is 0 Å². The van der Waals surface area contributed by atoms with Crippen LogP contribution >= 0.6 is 0 Å². The van der Waals surface area contributed by atoms with E-state index in [1.54, 1.807) is 18.9 Å². The standard InChI is InChI=1S/C30H37N5O4/c1-17(31)27(36)33-24(14-18-12-13-18)30(39)35-16-23(19-8-4-3-5-9-19)26(35)29(38)34-25-21-11-7-6-10-20(21)15-22(25)28(37)32-2/h3-11,17-18,22-26H,12-16,31H2,1-2H3,(H,32,37)(H,33,36)(H,34,38)/t17?,22-,23?,24?,25+,26?/m1/s1. The summed E-state index contributed by atoms with van der Waals surface area (Å²) in [6.07, 6.45) is 3.11. The molecule has 1 aliphatic heterocycles. The molecule has 0 spiro atoms. The van der Waals surface area contributed by atoms with Crippen molar-refractivity contribution in [2.24, 2.45) is 17.6 Å². The first-order valence-electron chi connectivity index (χ1n) is 13.8. The lowest BCUT2D eigenvalue weighted by molar-refractivity contribution is -0.152. The van der Waals surface area contributed by atoms with Gasteiger partial charge in [-0.15, -0.1) is 0 Å². The Labute approximate surface area is 228 Å². The van der Waals surface area contributed by atoms with E-state index < -0.39 is 30.1 Å². The van der Waals surface area contributed by atoms with Crippen molar-refractivity contribution in [3.63, 3.8) is 0 Å². The largest absolute Gasteiger partial charge is 0.359 e. The number of nitrogens with two attached hydrogens (primary N) is 1. The molecule has 5 rings (SSSR count). The van der Waals surface area contributed by atoms with Crippen molar-refractivity contribution in [2.75, 3.05) is 13.6 Å². The zero-order chi connectivity index (χ0) is 27.7. The number of amides is 4. The average Bonchev–Trinajstić information content (AvgIpc) is 3.67. The normalized spacial score (nSPS) is 25.1. The van der Waals surface area contributed by atoms with Gasteiger partial charge in [-0.05, 0) is 42.4 Å². The third-order valence-electron chi connectivity index (χ3n) is 8.30. The summed E-state index contributed by atoms with van der Waals surface area (Å²) in [5.41, 5.74) is 8.69. The van der Waals surface area contributed by atoms with E-state index in [1.165, 1.54) is 0 Å². The molecule has 0 radical (unpaired) electrons. The Balaban J connectivity index is 1.41. The van der Waals surface area contributed by atoms with Crippen LogP contribution in [0.5, 0.6) is 0 Å². The summed E-state index contributed by atoms with van der Waals surface area (Å²) in [6.45, 7) is 1.96. The average molecular weight is 532 g/mol. The van der Waals surface area contributed by atoms with E-state index in [-0.39, 0.29) is 29.5 Å². The first kappa shape index (κ1) is 26.9. The van der Waals surface area contributed by atoms with Crippen LogP contribution in [0.2, 0.25) is 0 Å². The molecule has 1 heterocycles. The van der Waals surface area contributed by atoms with Crippen LogP contribution in [-0.4, -0.2) is 60.2 Å². The van der Waals surface area contributed by atoms with Crippen LogP contribution in [0.4, 0.5) is 0 Å². The van der Waals surface area contributed by atoms with Crippen LogP contribution in [0, 0.1) is 11.8 Å². The molecule has 2 aromatic rings. The van der Waals surface area contributed by atoms with Gasteiger partial charge in [0.1, 0.15) is 12.1 Å². The maximum Gasteiger partial charge on any atom is 0.245 e. The number of rotatable bonds is 9. The van der Waals surface area contributed by atoms with Crippen molar-refractivity contribution in [3.8, 4) is 0 Å². The van der Waals surface area contributed by atoms with Crippen LogP contribution < -0.4 is 21.7 Å². The second-order valence-electron chi connectivity index (χ2n) is 11.1. The topological polar surface area (TPSA) is 134 Å². The van der Waals surface area contributed by atoms with E-state index in [1.807, 2.05) is 54.6 Å². The third-order valence-corrected chi connectivity index (χ3v) is 8.30. The van der Waals surface area contributed by atoms with Gasteiger partial charge >= 0.3 is 0 Å². The molecule has 4 unspecified atom stereocenters. The Hall–Kier alpha value is -3.72. The number of carbonyl (C=O) groups excluding carboxylic acids is 4. The number of hydrogen-bond donors (Lipinski definition) is 4. The molecule has 2 aliphatic carbocycles. The minimum Gasteiger partial charge on any atom is -0.359 e. The fourth-order valence-electron chi connectivity index (χ4n) is 5.90. The highest BCUT2D eigenvalue weighted by atomic mass is 16.2. The molecule has 9 heteroatoms. The van der Waals surface area contributed by atoms with Crippen LogP contribution in [0.3, 0.4) is 0 Å². The van der Waals surface area contributed by atoms with E-state index in [4.69, 9.17) is 5.73 Å². The quantitative estimate of drug-likeness (QED) is 0.388. The molecule has 2 aromatic carbocycles. The molecule has 206 valence electrons. The summed E-state index contributed by atoms with van der Waals surface area (Å²) < 4.78 is 0. The van der Waals surface area contributed by atoms with Crippen molar-refractivity contribution in [3.05, 3.63) is 71.3 Å². The molecule has 2 fully saturated rings. The fourth-order valence-corrected chi connectivity index (χ4v) is 5.90. The van der Waals surface area contributed by atoms with E-state index in [9.17, 15) is 19.2 Å². The van der Waals surface area contributed by atoms with Crippen LogP contribution in [0.25, 0.3) is 0 Å². The zero-order valence-corrected chi connectivity index (χ0v) is 22.4. The maximum atomic E-state index is 14.0. The molecule has 6 atom stereocenters. The van der Waals surface area contributed by atoms with Crippen molar-refractivity contribution in [2.45, 2.75) is 62.7 Å². The molecule has 5 N–H and O–H groups in total. The highest BCUT2D eigenvalue weighted by molar-refractivity contribution is 5.95. The number of nitrogens with one attached hydrogen (secondary N) is 3. The summed E-state index contributed by atoms with van der Waals surface area (Å²) in [6, 6.07) is 14.7.